The Bertz CT molecular complexity index is 963. The summed E-state index contributed by atoms with van der Waals surface area (Å²) in [6.45, 7) is 0.603. The Hall–Kier alpha value is -3.44. The summed E-state index contributed by atoms with van der Waals surface area (Å²) in [7, 11) is 0. The molecule has 3 aromatic rings. The number of nitrogens with zero attached hydrogens (tertiary/aromatic N) is 1. The van der Waals surface area contributed by atoms with Gasteiger partial charge in [0.1, 0.15) is 0 Å². The van der Waals surface area contributed by atoms with Gasteiger partial charge in [0.2, 0.25) is 0 Å². The fourth-order valence-corrected chi connectivity index (χ4v) is 3.69. The number of carbonyl (C=O) groups is 2. The van der Waals surface area contributed by atoms with E-state index < -0.39 is 11.6 Å². The molecule has 28 heavy (non-hydrogen) atoms. The van der Waals surface area contributed by atoms with E-state index in [1.54, 1.807) is 0 Å². The lowest BCUT2D eigenvalue weighted by molar-refractivity contribution is -0.130. The summed E-state index contributed by atoms with van der Waals surface area (Å²) in [5.74, 6) is -0.284. The van der Waals surface area contributed by atoms with Gasteiger partial charge >= 0.3 is 6.03 Å². The van der Waals surface area contributed by atoms with Crippen molar-refractivity contribution in [3.05, 3.63) is 107 Å². The molecule has 1 fully saturated rings. The van der Waals surface area contributed by atoms with Crippen LogP contribution in [0.4, 0.5) is 4.79 Å². The average molecular weight is 371 g/mol. The molecule has 5 heteroatoms. The van der Waals surface area contributed by atoms with Crippen molar-refractivity contribution in [1.29, 1.82) is 0 Å². The zero-order valence-corrected chi connectivity index (χ0v) is 15.3. The fraction of sp³-hybridized carbons (Fsp3) is 0.130. The normalized spacial score (nSPS) is 15.5. The summed E-state index contributed by atoms with van der Waals surface area (Å²) in [5, 5.41) is 2.96. The van der Waals surface area contributed by atoms with Crippen molar-refractivity contribution < 1.29 is 9.59 Å². The third-order valence-electron chi connectivity index (χ3n) is 5.09. The van der Waals surface area contributed by atoms with Gasteiger partial charge in [0, 0.05) is 6.54 Å². The van der Waals surface area contributed by atoms with Gasteiger partial charge in [-0.2, -0.15) is 0 Å². The van der Waals surface area contributed by atoms with Crippen molar-refractivity contribution in [2.75, 3.05) is 0 Å². The van der Waals surface area contributed by atoms with Crippen LogP contribution in [0.25, 0.3) is 0 Å². The first-order valence-electron chi connectivity index (χ1n) is 9.18. The second-order valence-electron chi connectivity index (χ2n) is 6.83. The molecule has 0 bridgehead atoms. The number of amides is 3. The highest BCUT2D eigenvalue weighted by Gasteiger charge is 2.53. The fourth-order valence-electron chi connectivity index (χ4n) is 3.69. The molecule has 1 saturated heterocycles. The molecule has 1 aliphatic rings. The van der Waals surface area contributed by atoms with Gasteiger partial charge in [0.05, 0.1) is 6.54 Å². The Morgan fingerprint density at radius 3 is 1.93 bits per heavy atom. The van der Waals surface area contributed by atoms with E-state index in [0.29, 0.717) is 6.54 Å². The molecule has 0 radical (unpaired) electrons. The Labute approximate surface area is 163 Å². The van der Waals surface area contributed by atoms with Crippen molar-refractivity contribution >= 4 is 11.9 Å². The number of benzene rings is 3. The maximum absolute atomic E-state index is 13.6. The summed E-state index contributed by atoms with van der Waals surface area (Å²) < 4.78 is 0. The summed E-state index contributed by atoms with van der Waals surface area (Å²) in [5.41, 5.74) is 7.78. The number of nitrogens with two attached hydrogens (primary N) is 1. The molecule has 0 unspecified atom stereocenters. The first-order valence-corrected chi connectivity index (χ1v) is 9.18. The molecule has 5 nitrogen and oxygen atoms in total. The minimum atomic E-state index is -1.23. The van der Waals surface area contributed by atoms with Gasteiger partial charge in [-0.3, -0.25) is 9.69 Å². The topological polar surface area (TPSA) is 75.4 Å². The lowest BCUT2D eigenvalue weighted by atomic mass is 9.82. The third-order valence-corrected chi connectivity index (χ3v) is 5.09. The molecule has 0 aliphatic carbocycles. The molecule has 1 heterocycles. The number of carbonyl (C=O) groups excluding carboxylic acids is 2. The third kappa shape index (κ3) is 2.96. The highest BCUT2D eigenvalue weighted by molar-refractivity contribution is 6.09. The zero-order chi connectivity index (χ0) is 19.6. The van der Waals surface area contributed by atoms with E-state index in [1.165, 1.54) is 4.90 Å². The van der Waals surface area contributed by atoms with E-state index in [-0.39, 0.29) is 12.5 Å². The van der Waals surface area contributed by atoms with E-state index in [2.05, 4.69) is 5.32 Å². The van der Waals surface area contributed by atoms with Crippen molar-refractivity contribution in [1.82, 2.24) is 10.2 Å². The highest BCUT2D eigenvalue weighted by Crippen LogP contribution is 2.36. The van der Waals surface area contributed by atoms with Crippen molar-refractivity contribution in [3.8, 4) is 0 Å². The standard InChI is InChI=1S/C23H21N3O2/c24-15-17-8-7-9-18(14-17)16-26-21(27)23(25-22(26)28,19-10-3-1-4-11-19)20-12-5-2-6-13-20/h1-14H,15-16,24H2,(H,25,28). The Kier molecular flexibility index (Phi) is 4.67. The van der Waals surface area contributed by atoms with Gasteiger partial charge in [0.15, 0.2) is 5.54 Å². The molecular formula is C23H21N3O2. The summed E-state index contributed by atoms with van der Waals surface area (Å²) in [6, 6.07) is 25.9. The van der Waals surface area contributed by atoms with E-state index in [0.717, 1.165) is 22.3 Å². The Morgan fingerprint density at radius 2 is 1.36 bits per heavy atom. The molecule has 1 aliphatic heterocycles. The monoisotopic (exact) mass is 371 g/mol. The van der Waals surface area contributed by atoms with E-state index in [1.807, 2.05) is 84.9 Å². The van der Waals surface area contributed by atoms with Crippen LogP contribution in [0, 0.1) is 0 Å². The Balaban J connectivity index is 1.77. The molecule has 3 amide bonds. The summed E-state index contributed by atoms with van der Waals surface area (Å²) in [4.78, 5) is 27.8. The van der Waals surface area contributed by atoms with E-state index >= 15 is 0 Å². The van der Waals surface area contributed by atoms with Gasteiger partial charge in [-0.15, -0.1) is 0 Å². The number of hydrogen-bond acceptors (Lipinski definition) is 3. The number of imide groups is 1. The first kappa shape index (κ1) is 17.9. The largest absolute Gasteiger partial charge is 0.326 e. The van der Waals surface area contributed by atoms with Gasteiger partial charge in [-0.1, -0.05) is 84.9 Å². The number of rotatable bonds is 5. The molecule has 3 aromatic carbocycles. The van der Waals surface area contributed by atoms with Gasteiger partial charge in [-0.25, -0.2) is 4.79 Å². The van der Waals surface area contributed by atoms with Crippen molar-refractivity contribution in [2.45, 2.75) is 18.6 Å². The lowest BCUT2D eigenvalue weighted by Gasteiger charge is -2.28. The molecule has 0 saturated carbocycles. The smallest absolute Gasteiger partial charge is 0.325 e. The molecule has 140 valence electrons. The van der Waals surface area contributed by atoms with Crippen LogP contribution in [-0.4, -0.2) is 16.8 Å². The molecule has 0 aromatic heterocycles. The van der Waals surface area contributed by atoms with Crippen LogP contribution in [0.5, 0.6) is 0 Å². The lowest BCUT2D eigenvalue weighted by Crippen LogP contribution is -2.45. The first-order chi connectivity index (χ1) is 13.6. The number of nitrogens with one attached hydrogen (secondary N) is 1. The van der Waals surface area contributed by atoms with E-state index in [4.69, 9.17) is 5.73 Å². The van der Waals surface area contributed by atoms with Crippen molar-refractivity contribution in [2.24, 2.45) is 5.73 Å². The molecule has 0 atom stereocenters. The number of urea groups is 1. The molecule has 3 N–H and O–H groups in total. The van der Waals surface area contributed by atoms with Crippen LogP contribution in [-0.2, 0) is 23.4 Å². The number of hydrogen-bond donors (Lipinski definition) is 2. The van der Waals surface area contributed by atoms with Gasteiger partial charge in [0.25, 0.3) is 5.91 Å². The van der Waals surface area contributed by atoms with Crippen LogP contribution >= 0.6 is 0 Å². The van der Waals surface area contributed by atoms with Crippen LogP contribution in [0.3, 0.4) is 0 Å². The second kappa shape index (κ2) is 7.29. The second-order valence-corrected chi connectivity index (χ2v) is 6.83. The van der Waals surface area contributed by atoms with Gasteiger partial charge < -0.3 is 11.1 Å². The minimum Gasteiger partial charge on any atom is -0.326 e. The predicted octanol–water partition coefficient (Wildman–Crippen LogP) is 3.14. The minimum absolute atomic E-state index is 0.194. The predicted molar refractivity (Wildman–Crippen MR) is 107 cm³/mol. The van der Waals surface area contributed by atoms with Crippen LogP contribution < -0.4 is 11.1 Å². The maximum Gasteiger partial charge on any atom is 0.325 e. The molecular weight excluding hydrogens is 350 g/mol. The highest BCUT2D eigenvalue weighted by atomic mass is 16.2. The van der Waals surface area contributed by atoms with Crippen molar-refractivity contribution in [3.63, 3.8) is 0 Å². The van der Waals surface area contributed by atoms with Crippen LogP contribution in [0.15, 0.2) is 84.9 Å². The molecule has 4 rings (SSSR count). The summed E-state index contributed by atoms with van der Waals surface area (Å²) in [6.07, 6.45) is 0. The summed E-state index contributed by atoms with van der Waals surface area (Å²) >= 11 is 0. The van der Waals surface area contributed by atoms with Crippen LogP contribution in [0.1, 0.15) is 22.3 Å². The average Bonchev–Trinajstić information content (AvgIpc) is 3.01. The molecule has 0 spiro atoms. The SMILES string of the molecule is NCc1cccc(CN2C(=O)NC(c3ccccc3)(c3ccccc3)C2=O)c1. The van der Waals surface area contributed by atoms with Crippen LogP contribution in [0.2, 0.25) is 0 Å². The Morgan fingerprint density at radius 1 is 0.786 bits per heavy atom. The zero-order valence-electron chi connectivity index (χ0n) is 15.3. The maximum atomic E-state index is 13.6. The van der Waals surface area contributed by atoms with E-state index in [9.17, 15) is 9.59 Å². The quantitative estimate of drug-likeness (QED) is 0.677. The van der Waals surface area contributed by atoms with Gasteiger partial charge in [-0.05, 0) is 22.3 Å².